The Hall–Kier alpha value is 0.114. The van der Waals surface area contributed by atoms with Crippen LogP contribution in [-0.4, -0.2) is 15.0 Å². The number of nitrogens with zero attached hydrogens (tertiary/aromatic N) is 3. The molecule has 0 aliphatic carbocycles. The van der Waals surface area contributed by atoms with E-state index in [0.717, 1.165) is 18.1 Å². The van der Waals surface area contributed by atoms with Crippen molar-refractivity contribution >= 4 is 0 Å². The molecule has 0 unspecified atom stereocenters. The van der Waals surface area contributed by atoms with Crippen molar-refractivity contribution in [3.05, 3.63) is 18.0 Å². The van der Waals surface area contributed by atoms with Gasteiger partial charge in [0, 0.05) is 50.7 Å². The molecular formula is C6H8N3Y-. The van der Waals surface area contributed by atoms with Gasteiger partial charge in [-0.1, -0.05) is 13.8 Å². The summed E-state index contributed by atoms with van der Waals surface area (Å²) < 4.78 is 0. The van der Waals surface area contributed by atoms with Gasteiger partial charge in [0.25, 0.3) is 0 Å². The molecular weight excluding hydrogens is 203 g/mol. The fourth-order valence-electron chi connectivity index (χ4n) is 0.550. The maximum absolute atomic E-state index is 4.04. The van der Waals surface area contributed by atoms with Crippen molar-refractivity contribution in [3.63, 3.8) is 0 Å². The van der Waals surface area contributed by atoms with Crippen LogP contribution in [0.4, 0.5) is 0 Å². The van der Waals surface area contributed by atoms with Crippen molar-refractivity contribution in [1.29, 1.82) is 0 Å². The average molecular weight is 211 g/mol. The Labute approximate surface area is 85.6 Å². The zero-order valence-corrected chi connectivity index (χ0v) is 8.96. The average Bonchev–Trinajstić information content (AvgIpc) is 1.88. The van der Waals surface area contributed by atoms with Crippen LogP contribution in [0.15, 0.2) is 0 Å². The van der Waals surface area contributed by atoms with Gasteiger partial charge in [-0.25, -0.2) is 0 Å². The van der Waals surface area contributed by atoms with Crippen LogP contribution in [0.2, 0.25) is 0 Å². The summed E-state index contributed by atoms with van der Waals surface area (Å²) in [5.41, 5.74) is 0. The number of hydrogen-bond donors (Lipinski definition) is 0. The molecule has 1 rings (SSSR count). The molecule has 3 nitrogen and oxygen atoms in total. The van der Waals surface area contributed by atoms with Crippen LogP contribution >= 0.6 is 0 Å². The second-order valence-electron chi connectivity index (χ2n) is 1.75. The zero-order valence-electron chi connectivity index (χ0n) is 6.13. The van der Waals surface area contributed by atoms with E-state index in [0.29, 0.717) is 0 Å². The van der Waals surface area contributed by atoms with Crippen molar-refractivity contribution < 1.29 is 32.7 Å². The third-order valence-corrected chi connectivity index (χ3v) is 0.998. The van der Waals surface area contributed by atoms with Gasteiger partial charge < -0.3 is 15.0 Å². The van der Waals surface area contributed by atoms with Gasteiger partial charge >= 0.3 is 0 Å². The van der Waals surface area contributed by atoms with Gasteiger partial charge in [0.2, 0.25) is 0 Å². The molecule has 0 saturated heterocycles. The van der Waals surface area contributed by atoms with Crippen molar-refractivity contribution in [2.45, 2.75) is 20.3 Å². The molecule has 0 bridgehead atoms. The van der Waals surface area contributed by atoms with Crippen LogP contribution < -0.4 is 0 Å². The molecule has 4 heteroatoms. The van der Waals surface area contributed by atoms with Crippen LogP contribution in [0.5, 0.6) is 0 Å². The summed E-state index contributed by atoms with van der Waals surface area (Å²) in [7, 11) is 0. The van der Waals surface area contributed by atoms with Gasteiger partial charge in [-0.3, -0.25) is 0 Å². The van der Waals surface area contributed by atoms with E-state index < -0.39 is 0 Å². The molecule has 10 heavy (non-hydrogen) atoms. The fourth-order valence-corrected chi connectivity index (χ4v) is 0.550. The van der Waals surface area contributed by atoms with Gasteiger partial charge in [-0.05, 0) is 6.42 Å². The molecule has 1 aromatic rings. The third-order valence-electron chi connectivity index (χ3n) is 0.998. The monoisotopic (exact) mass is 211 g/mol. The van der Waals surface area contributed by atoms with Crippen molar-refractivity contribution in [2.24, 2.45) is 0 Å². The Morgan fingerprint density at radius 1 is 1.40 bits per heavy atom. The fraction of sp³-hybridized carbons (Fsp3) is 0.500. The summed E-state index contributed by atoms with van der Waals surface area (Å²) >= 11 is 0. The predicted octanol–water partition coefficient (Wildman–Crippen LogP) is 0.540. The molecule has 0 aliphatic rings. The molecule has 1 aromatic heterocycles. The van der Waals surface area contributed by atoms with Crippen LogP contribution in [0.3, 0.4) is 0 Å². The summed E-state index contributed by atoms with van der Waals surface area (Å²) in [6, 6.07) is 0. The molecule has 0 N–H and O–H groups in total. The SMILES string of the molecule is CCc1n[c-]nc(C)n1.[Y]. The van der Waals surface area contributed by atoms with Crippen molar-refractivity contribution in [3.8, 4) is 0 Å². The van der Waals surface area contributed by atoms with Crippen molar-refractivity contribution in [1.82, 2.24) is 15.0 Å². The smallest absolute Gasteiger partial charge is 0.0247 e. The Bertz CT molecular complexity index is 202. The molecule has 0 aromatic carbocycles. The van der Waals surface area contributed by atoms with Gasteiger partial charge in [-0.2, -0.15) is 0 Å². The van der Waals surface area contributed by atoms with E-state index in [1.807, 2.05) is 13.8 Å². The summed E-state index contributed by atoms with van der Waals surface area (Å²) in [5.74, 6) is 1.55. The Morgan fingerprint density at radius 2 is 2.10 bits per heavy atom. The van der Waals surface area contributed by atoms with Gasteiger partial charge in [0.15, 0.2) is 0 Å². The largest absolute Gasteiger partial charge is 0.353 e. The first-order valence-corrected chi connectivity index (χ1v) is 2.90. The third kappa shape index (κ3) is 2.80. The second kappa shape index (κ2) is 4.86. The Balaban J connectivity index is 0.000000810. The molecule has 0 aliphatic heterocycles. The molecule has 0 spiro atoms. The van der Waals surface area contributed by atoms with E-state index in [9.17, 15) is 0 Å². The van der Waals surface area contributed by atoms with E-state index >= 15 is 0 Å². The van der Waals surface area contributed by atoms with Gasteiger partial charge in [0.05, 0.1) is 0 Å². The molecule has 1 heterocycles. The first kappa shape index (κ1) is 10.1. The van der Waals surface area contributed by atoms with Gasteiger partial charge in [0.1, 0.15) is 0 Å². The maximum Gasteiger partial charge on any atom is 0.0247 e. The van der Waals surface area contributed by atoms with Gasteiger partial charge in [-0.15, -0.1) is 0 Å². The quantitative estimate of drug-likeness (QED) is 0.636. The van der Waals surface area contributed by atoms with Crippen LogP contribution in [0.25, 0.3) is 0 Å². The molecule has 0 atom stereocenters. The van der Waals surface area contributed by atoms with Crippen LogP contribution in [0.1, 0.15) is 18.6 Å². The summed E-state index contributed by atoms with van der Waals surface area (Å²) in [4.78, 5) is 11.6. The minimum Gasteiger partial charge on any atom is -0.353 e. The minimum atomic E-state index is 0. The standard InChI is InChI=1S/C6H8N3.Y/c1-3-6-8-4-7-5(2)9-6;/h3H2,1-2H3;/q-1;. The zero-order chi connectivity index (χ0) is 6.69. The first-order chi connectivity index (χ1) is 4.33. The molecule has 0 fully saturated rings. The van der Waals surface area contributed by atoms with Crippen molar-refractivity contribution in [2.75, 3.05) is 0 Å². The molecule has 0 amide bonds. The predicted molar refractivity (Wildman–Crippen MR) is 32.8 cm³/mol. The Morgan fingerprint density at radius 3 is 2.50 bits per heavy atom. The van der Waals surface area contributed by atoms with E-state index in [-0.39, 0.29) is 32.7 Å². The Kier molecular flexibility index (Phi) is 4.91. The van der Waals surface area contributed by atoms with E-state index in [1.54, 1.807) is 0 Å². The number of aryl methyl sites for hydroxylation is 2. The normalized spacial score (nSPS) is 8.60. The first-order valence-electron chi connectivity index (χ1n) is 2.90. The number of hydrogen-bond acceptors (Lipinski definition) is 3. The number of aromatic nitrogens is 3. The van der Waals surface area contributed by atoms with E-state index in [1.165, 1.54) is 0 Å². The van der Waals surface area contributed by atoms with E-state index in [4.69, 9.17) is 0 Å². The van der Waals surface area contributed by atoms with Crippen LogP contribution in [0, 0.1) is 13.3 Å². The molecule has 0 saturated carbocycles. The molecule has 51 valence electrons. The molecule has 1 radical (unpaired) electrons. The summed E-state index contributed by atoms with van der Waals surface area (Å²) in [5, 5.41) is 0. The topological polar surface area (TPSA) is 38.7 Å². The summed E-state index contributed by atoms with van der Waals surface area (Å²) in [6.07, 6.45) is 3.36. The van der Waals surface area contributed by atoms with E-state index in [2.05, 4.69) is 21.3 Å². The second-order valence-corrected chi connectivity index (χ2v) is 1.75. The minimum absolute atomic E-state index is 0. The number of rotatable bonds is 1. The maximum atomic E-state index is 4.04. The van der Waals surface area contributed by atoms with Crippen LogP contribution in [-0.2, 0) is 39.1 Å². The summed E-state index contributed by atoms with van der Waals surface area (Å²) in [6.45, 7) is 3.83.